The van der Waals surface area contributed by atoms with Crippen LogP contribution in [0.1, 0.15) is 24.1 Å². The molecule has 27 heavy (non-hydrogen) atoms. The number of benzene rings is 2. The van der Waals surface area contributed by atoms with Gasteiger partial charge in [0.15, 0.2) is 0 Å². The fraction of sp³-hybridized carbons (Fsp3) is 0.318. The van der Waals surface area contributed by atoms with Crippen molar-refractivity contribution in [2.24, 2.45) is 0 Å². The van der Waals surface area contributed by atoms with E-state index in [0.29, 0.717) is 19.1 Å². The monoisotopic (exact) mass is 365 g/mol. The Morgan fingerprint density at radius 3 is 2.89 bits per heavy atom. The highest BCUT2D eigenvalue weighted by Crippen LogP contribution is 2.35. The summed E-state index contributed by atoms with van der Waals surface area (Å²) in [5, 5.41) is 4.31. The van der Waals surface area contributed by atoms with Crippen LogP contribution < -0.4 is 5.32 Å². The lowest BCUT2D eigenvalue weighted by Gasteiger charge is -2.23. The Labute approximate surface area is 158 Å². The Kier molecular flexibility index (Phi) is 4.94. The van der Waals surface area contributed by atoms with Crippen LogP contribution in [0.3, 0.4) is 0 Å². The van der Waals surface area contributed by atoms with E-state index in [1.807, 2.05) is 36.1 Å². The van der Waals surface area contributed by atoms with E-state index in [-0.39, 0.29) is 5.82 Å². The van der Waals surface area contributed by atoms with Crippen molar-refractivity contribution in [2.45, 2.75) is 32.4 Å². The molecule has 1 aliphatic rings. The fourth-order valence-electron chi connectivity index (χ4n) is 4.11. The van der Waals surface area contributed by atoms with Crippen molar-refractivity contribution >= 4 is 17.3 Å². The number of aromatic nitrogens is 1. The zero-order chi connectivity index (χ0) is 18.8. The molecule has 0 spiro atoms. The second-order valence-corrected chi connectivity index (χ2v) is 7.30. The van der Waals surface area contributed by atoms with E-state index in [1.54, 1.807) is 12.1 Å². The molecule has 0 saturated carbocycles. The molecule has 140 valence electrons. The van der Waals surface area contributed by atoms with Crippen LogP contribution in [0.15, 0.2) is 42.5 Å². The Morgan fingerprint density at radius 2 is 2.11 bits per heavy atom. The number of carbonyl (C=O) groups excluding carboxylic acids is 1. The molecule has 4 nitrogen and oxygen atoms in total. The molecule has 4 rings (SSSR count). The predicted molar refractivity (Wildman–Crippen MR) is 106 cm³/mol. The maximum atomic E-state index is 13.9. The minimum absolute atomic E-state index is 0.248. The lowest BCUT2D eigenvalue weighted by atomic mass is 9.96. The number of H-pyrrole nitrogens is 1. The number of nitrogens with one attached hydrogen (secondary N) is 2. The van der Waals surface area contributed by atoms with E-state index < -0.39 is 0 Å². The van der Waals surface area contributed by atoms with E-state index in [4.69, 9.17) is 0 Å². The van der Waals surface area contributed by atoms with E-state index >= 15 is 0 Å². The summed E-state index contributed by atoms with van der Waals surface area (Å²) >= 11 is 0. The molecule has 0 aliphatic carbocycles. The summed E-state index contributed by atoms with van der Waals surface area (Å²) in [6.45, 7) is 4.27. The summed E-state index contributed by atoms with van der Waals surface area (Å²) < 4.78 is 13.9. The maximum Gasteiger partial charge on any atom is 0.210 e. The fourth-order valence-corrected chi connectivity index (χ4v) is 4.11. The highest BCUT2D eigenvalue weighted by molar-refractivity contribution is 5.98. The van der Waals surface area contributed by atoms with Gasteiger partial charge in [0.05, 0.1) is 0 Å². The summed E-state index contributed by atoms with van der Waals surface area (Å²) in [5.74, 6) is -0.248. The molecule has 1 fully saturated rings. The summed E-state index contributed by atoms with van der Waals surface area (Å²) in [6.07, 6.45) is 3.19. The second-order valence-electron chi connectivity index (χ2n) is 7.30. The van der Waals surface area contributed by atoms with Crippen molar-refractivity contribution in [1.29, 1.82) is 0 Å². The first-order chi connectivity index (χ1) is 13.2. The van der Waals surface area contributed by atoms with Gasteiger partial charge < -0.3 is 15.2 Å². The van der Waals surface area contributed by atoms with Gasteiger partial charge in [-0.05, 0) is 55.6 Å². The minimum atomic E-state index is -0.248. The van der Waals surface area contributed by atoms with Crippen LogP contribution in [0, 0.1) is 12.7 Å². The first-order valence-corrected chi connectivity index (χ1v) is 9.44. The second kappa shape index (κ2) is 7.53. The van der Waals surface area contributed by atoms with Gasteiger partial charge in [-0.2, -0.15) is 0 Å². The number of aryl methyl sites for hydroxylation is 1. The molecule has 2 aromatic carbocycles. The highest BCUT2D eigenvalue weighted by Gasteiger charge is 2.19. The molecule has 0 radical (unpaired) electrons. The molecule has 3 aromatic rings. The van der Waals surface area contributed by atoms with Crippen LogP contribution in [0.4, 0.5) is 4.39 Å². The molecule has 5 heteroatoms. The van der Waals surface area contributed by atoms with Crippen molar-refractivity contribution in [3.05, 3.63) is 59.5 Å². The normalized spacial score (nSPS) is 16.7. The lowest BCUT2D eigenvalue weighted by Crippen LogP contribution is -2.36. The average Bonchev–Trinajstić information content (AvgIpc) is 3.28. The number of carbonyl (C=O) groups is 1. The third kappa shape index (κ3) is 3.60. The number of aromatic amines is 1. The number of rotatable bonds is 6. The van der Waals surface area contributed by atoms with Crippen molar-refractivity contribution in [2.75, 3.05) is 13.1 Å². The van der Waals surface area contributed by atoms with Gasteiger partial charge >= 0.3 is 0 Å². The van der Waals surface area contributed by atoms with Crippen molar-refractivity contribution in [3.8, 4) is 11.1 Å². The Bertz CT molecular complexity index is 959. The van der Waals surface area contributed by atoms with Gasteiger partial charge in [-0.15, -0.1) is 0 Å². The first kappa shape index (κ1) is 17.7. The van der Waals surface area contributed by atoms with Crippen LogP contribution in [0.2, 0.25) is 0 Å². The predicted octanol–water partition coefficient (Wildman–Crippen LogP) is 3.99. The molecule has 0 bridgehead atoms. The highest BCUT2D eigenvalue weighted by atomic mass is 19.1. The van der Waals surface area contributed by atoms with Gasteiger partial charge in [-0.25, -0.2) is 4.39 Å². The van der Waals surface area contributed by atoms with Gasteiger partial charge in [-0.1, -0.05) is 24.3 Å². The van der Waals surface area contributed by atoms with Gasteiger partial charge in [0.2, 0.25) is 6.41 Å². The van der Waals surface area contributed by atoms with Gasteiger partial charge in [-0.3, -0.25) is 4.79 Å². The maximum absolute atomic E-state index is 13.9. The summed E-state index contributed by atoms with van der Waals surface area (Å²) in [4.78, 5) is 16.8. The molecule has 1 unspecified atom stereocenters. The number of hydrogen-bond donors (Lipinski definition) is 2. The SMILES string of the molecule is Cc1[nH]c2ccc(F)cc2c1-c1ccccc1CN(C=O)CC1CCCN1. The largest absolute Gasteiger partial charge is 0.358 e. The van der Waals surface area contributed by atoms with E-state index in [1.165, 1.54) is 6.07 Å². The topological polar surface area (TPSA) is 48.1 Å². The number of amides is 1. The van der Waals surface area contributed by atoms with Crippen LogP contribution in [-0.2, 0) is 11.3 Å². The summed E-state index contributed by atoms with van der Waals surface area (Å²) in [7, 11) is 0. The number of fused-ring (bicyclic) bond motifs is 1. The van der Waals surface area contributed by atoms with Gasteiger partial charge in [0.25, 0.3) is 0 Å². The molecular formula is C22H24FN3O. The summed E-state index contributed by atoms with van der Waals surface area (Å²) in [5.41, 5.74) is 5.03. The van der Waals surface area contributed by atoms with Gasteiger partial charge in [0, 0.05) is 41.3 Å². The minimum Gasteiger partial charge on any atom is -0.358 e. The summed E-state index contributed by atoms with van der Waals surface area (Å²) in [6, 6.07) is 13.2. The Balaban J connectivity index is 1.70. The van der Waals surface area contributed by atoms with Crippen molar-refractivity contribution < 1.29 is 9.18 Å². The van der Waals surface area contributed by atoms with Crippen LogP contribution in [0.5, 0.6) is 0 Å². The average molecular weight is 365 g/mol. The molecule has 2 N–H and O–H groups in total. The number of hydrogen-bond acceptors (Lipinski definition) is 2. The lowest BCUT2D eigenvalue weighted by molar-refractivity contribution is -0.119. The number of nitrogens with zero attached hydrogens (tertiary/aromatic N) is 1. The third-order valence-electron chi connectivity index (χ3n) is 5.37. The molecule has 1 atom stereocenters. The van der Waals surface area contributed by atoms with Crippen molar-refractivity contribution in [1.82, 2.24) is 15.2 Å². The number of halogens is 1. The molecule has 1 aliphatic heterocycles. The van der Waals surface area contributed by atoms with Gasteiger partial charge in [0.1, 0.15) is 5.82 Å². The molecule has 1 aromatic heterocycles. The zero-order valence-electron chi connectivity index (χ0n) is 15.5. The molecule has 2 heterocycles. The molecule has 1 amide bonds. The third-order valence-corrected chi connectivity index (χ3v) is 5.37. The standard InChI is InChI=1S/C22H24FN3O/c1-15-22(20-11-17(23)8-9-21(20)25-15)19-7-3-2-5-16(19)12-26(14-27)13-18-6-4-10-24-18/h2-3,5,7-9,11,14,18,24-25H,4,6,10,12-13H2,1H3. The smallest absolute Gasteiger partial charge is 0.210 e. The van der Waals surface area contributed by atoms with Crippen molar-refractivity contribution in [3.63, 3.8) is 0 Å². The first-order valence-electron chi connectivity index (χ1n) is 9.44. The van der Waals surface area contributed by atoms with Crippen LogP contribution in [-0.4, -0.2) is 35.4 Å². The zero-order valence-corrected chi connectivity index (χ0v) is 15.5. The van der Waals surface area contributed by atoms with Crippen LogP contribution >= 0.6 is 0 Å². The molecular weight excluding hydrogens is 341 g/mol. The van der Waals surface area contributed by atoms with Crippen LogP contribution in [0.25, 0.3) is 22.0 Å². The Morgan fingerprint density at radius 1 is 1.26 bits per heavy atom. The van der Waals surface area contributed by atoms with E-state index in [2.05, 4.69) is 10.3 Å². The Hall–Kier alpha value is -2.66. The quantitative estimate of drug-likeness (QED) is 0.649. The molecule has 1 saturated heterocycles. The van der Waals surface area contributed by atoms with E-state index in [9.17, 15) is 9.18 Å². The van der Waals surface area contributed by atoms with E-state index in [0.717, 1.165) is 59.1 Å².